The Balaban J connectivity index is 1.61. The number of para-hydroxylation sites is 1. The number of benzene rings is 3. The maximum absolute atomic E-state index is 5.57. The van der Waals surface area contributed by atoms with Crippen molar-refractivity contribution in [3.8, 4) is 11.5 Å². The largest absolute Gasteiger partial charge is 0.454 e. The Bertz CT molecular complexity index is 984. The van der Waals surface area contributed by atoms with E-state index in [4.69, 9.17) is 9.47 Å². The van der Waals surface area contributed by atoms with Gasteiger partial charge in [0, 0.05) is 10.6 Å². The molecule has 0 bridgehead atoms. The Morgan fingerprint density at radius 1 is 0.846 bits per heavy atom. The van der Waals surface area contributed by atoms with Gasteiger partial charge in [0.25, 0.3) is 0 Å². The van der Waals surface area contributed by atoms with Crippen LogP contribution in [0.2, 0.25) is 0 Å². The first-order chi connectivity index (χ1) is 12.9. The summed E-state index contributed by atoms with van der Waals surface area (Å²) in [4.78, 5) is 1.23. The molecule has 1 atom stereocenters. The van der Waals surface area contributed by atoms with Gasteiger partial charge in [-0.2, -0.15) is 0 Å². The lowest BCUT2D eigenvalue weighted by Gasteiger charge is -2.13. The van der Waals surface area contributed by atoms with Crippen molar-refractivity contribution in [2.45, 2.75) is 10.1 Å². The molecule has 3 nitrogen and oxygen atoms in total. The van der Waals surface area contributed by atoms with Gasteiger partial charge in [-0.05, 0) is 41.5 Å². The fraction of sp³-hybridized carbons (Fsp3) is 0.0909. The summed E-state index contributed by atoms with van der Waals surface area (Å²) in [7, 11) is 0. The van der Waals surface area contributed by atoms with Crippen LogP contribution in [-0.4, -0.2) is 6.79 Å². The van der Waals surface area contributed by atoms with Gasteiger partial charge in [-0.25, -0.2) is 0 Å². The minimum atomic E-state index is 0.177. The average molecular weight is 359 g/mol. The number of thioether (sulfide) groups is 1. The molecule has 0 fully saturated rings. The Kier molecular flexibility index (Phi) is 3.83. The third kappa shape index (κ3) is 2.82. The summed E-state index contributed by atoms with van der Waals surface area (Å²) in [5.41, 5.74) is 4.63. The molecule has 0 saturated carbocycles. The third-order valence-corrected chi connectivity index (χ3v) is 5.81. The molecule has 0 spiro atoms. The molecule has 0 aliphatic carbocycles. The van der Waals surface area contributed by atoms with Crippen molar-refractivity contribution < 1.29 is 9.47 Å². The van der Waals surface area contributed by atoms with E-state index < -0.39 is 0 Å². The second-order valence-corrected chi connectivity index (χ2v) is 7.40. The fourth-order valence-corrected chi connectivity index (χ4v) is 4.39. The fourth-order valence-electron chi connectivity index (χ4n) is 3.22. The van der Waals surface area contributed by atoms with Gasteiger partial charge in [0.2, 0.25) is 6.79 Å². The molecule has 5 rings (SSSR count). The predicted molar refractivity (Wildman–Crippen MR) is 106 cm³/mol. The second-order valence-electron chi connectivity index (χ2n) is 6.22. The van der Waals surface area contributed by atoms with Crippen molar-refractivity contribution in [1.29, 1.82) is 0 Å². The van der Waals surface area contributed by atoms with E-state index in [1.54, 1.807) is 0 Å². The summed E-state index contributed by atoms with van der Waals surface area (Å²) in [6.07, 6.45) is 2.29. The average Bonchev–Trinajstić information content (AvgIpc) is 3.07. The summed E-state index contributed by atoms with van der Waals surface area (Å²) in [6.45, 7) is 0.298. The summed E-state index contributed by atoms with van der Waals surface area (Å²) in [5.74, 6) is 1.64. The third-order valence-electron chi connectivity index (χ3n) is 4.54. The Morgan fingerprint density at radius 2 is 1.65 bits per heavy atom. The first kappa shape index (κ1) is 15.4. The van der Waals surface area contributed by atoms with Crippen molar-refractivity contribution in [3.05, 3.63) is 90.0 Å². The van der Waals surface area contributed by atoms with Gasteiger partial charge in [0.1, 0.15) is 0 Å². The Morgan fingerprint density at radius 3 is 2.58 bits per heavy atom. The van der Waals surface area contributed by atoms with Gasteiger partial charge in [0.05, 0.1) is 10.9 Å². The molecule has 0 saturated heterocycles. The zero-order valence-corrected chi connectivity index (χ0v) is 14.8. The number of nitrogens with one attached hydrogen (secondary N) is 1. The maximum atomic E-state index is 5.57. The highest BCUT2D eigenvalue weighted by Gasteiger charge is 2.22. The Labute approximate surface area is 156 Å². The van der Waals surface area contributed by atoms with Crippen molar-refractivity contribution in [2.75, 3.05) is 12.1 Å². The molecule has 3 aromatic rings. The SMILES string of the molecule is C1=C(c2ccccc2)Nc2ccccc2SC1c1ccc2c(c1)OCO2. The summed E-state index contributed by atoms with van der Waals surface area (Å²) < 4.78 is 11.0. The van der Waals surface area contributed by atoms with Crippen LogP contribution in [0, 0.1) is 0 Å². The highest BCUT2D eigenvalue weighted by Crippen LogP contribution is 2.46. The molecule has 2 aliphatic heterocycles. The van der Waals surface area contributed by atoms with Gasteiger partial charge in [-0.15, -0.1) is 11.8 Å². The first-order valence-electron chi connectivity index (χ1n) is 8.56. The molecule has 0 radical (unpaired) electrons. The number of hydrogen-bond acceptors (Lipinski definition) is 4. The van der Waals surface area contributed by atoms with Crippen LogP contribution in [0.4, 0.5) is 5.69 Å². The van der Waals surface area contributed by atoms with E-state index in [-0.39, 0.29) is 5.25 Å². The van der Waals surface area contributed by atoms with Crippen LogP contribution in [0.25, 0.3) is 5.70 Å². The minimum Gasteiger partial charge on any atom is -0.454 e. The van der Waals surface area contributed by atoms with Crippen molar-refractivity contribution in [1.82, 2.24) is 0 Å². The first-order valence-corrected chi connectivity index (χ1v) is 9.44. The van der Waals surface area contributed by atoms with Crippen LogP contribution in [0.5, 0.6) is 11.5 Å². The van der Waals surface area contributed by atoms with Gasteiger partial charge in [-0.1, -0.05) is 48.5 Å². The highest BCUT2D eigenvalue weighted by atomic mass is 32.2. The zero-order chi connectivity index (χ0) is 17.3. The lowest BCUT2D eigenvalue weighted by Crippen LogP contribution is -1.99. The highest BCUT2D eigenvalue weighted by molar-refractivity contribution is 7.99. The van der Waals surface area contributed by atoms with E-state index in [2.05, 4.69) is 72.1 Å². The summed E-state index contributed by atoms with van der Waals surface area (Å²) in [6, 6.07) is 25.1. The monoisotopic (exact) mass is 359 g/mol. The second kappa shape index (κ2) is 6.46. The van der Waals surface area contributed by atoms with Gasteiger partial charge in [0.15, 0.2) is 11.5 Å². The summed E-state index contributed by atoms with van der Waals surface area (Å²) in [5, 5.41) is 3.79. The molecule has 0 amide bonds. The van der Waals surface area contributed by atoms with Gasteiger partial charge >= 0.3 is 0 Å². The Hall–Kier alpha value is -2.85. The number of rotatable bonds is 2. The molecule has 0 aromatic heterocycles. The van der Waals surface area contributed by atoms with E-state index in [9.17, 15) is 0 Å². The van der Waals surface area contributed by atoms with Crippen LogP contribution >= 0.6 is 11.8 Å². The number of fused-ring (bicyclic) bond motifs is 2. The van der Waals surface area contributed by atoms with Crippen LogP contribution in [0.3, 0.4) is 0 Å². The van der Waals surface area contributed by atoms with E-state index in [1.165, 1.54) is 16.0 Å². The van der Waals surface area contributed by atoms with E-state index in [0.717, 1.165) is 22.9 Å². The number of anilines is 1. The van der Waals surface area contributed by atoms with E-state index >= 15 is 0 Å². The standard InChI is InChI=1S/C22H17NO2S/c1-2-6-15(7-3-1)18-13-22(26-21-9-5-4-8-17(21)23-18)16-10-11-19-20(12-16)25-14-24-19/h1-13,22-23H,14H2. The normalized spacial score (nSPS) is 17.7. The van der Waals surface area contributed by atoms with Crippen LogP contribution in [0.1, 0.15) is 16.4 Å². The van der Waals surface area contributed by atoms with Crippen LogP contribution in [-0.2, 0) is 0 Å². The molecule has 26 heavy (non-hydrogen) atoms. The quantitative estimate of drug-likeness (QED) is 0.634. The number of ether oxygens (including phenoxy) is 2. The van der Waals surface area contributed by atoms with Crippen molar-refractivity contribution >= 4 is 23.1 Å². The van der Waals surface area contributed by atoms with Crippen molar-refractivity contribution in [2.24, 2.45) is 0 Å². The van der Waals surface area contributed by atoms with E-state index in [0.29, 0.717) is 6.79 Å². The van der Waals surface area contributed by atoms with Crippen LogP contribution < -0.4 is 14.8 Å². The van der Waals surface area contributed by atoms with Crippen LogP contribution in [0.15, 0.2) is 83.8 Å². The summed E-state index contributed by atoms with van der Waals surface area (Å²) >= 11 is 1.84. The molecule has 1 unspecified atom stereocenters. The predicted octanol–water partition coefficient (Wildman–Crippen LogP) is 5.72. The molecule has 128 valence electrons. The van der Waals surface area contributed by atoms with Gasteiger partial charge < -0.3 is 14.8 Å². The zero-order valence-electron chi connectivity index (χ0n) is 14.0. The molecule has 3 aromatic carbocycles. The molecular formula is C22H17NO2S. The lowest BCUT2D eigenvalue weighted by atomic mass is 10.1. The van der Waals surface area contributed by atoms with Crippen molar-refractivity contribution in [3.63, 3.8) is 0 Å². The topological polar surface area (TPSA) is 30.5 Å². The smallest absolute Gasteiger partial charge is 0.231 e. The van der Waals surface area contributed by atoms with Gasteiger partial charge in [-0.3, -0.25) is 0 Å². The molecule has 2 aliphatic rings. The minimum absolute atomic E-state index is 0.177. The lowest BCUT2D eigenvalue weighted by molar-refractivity contribution is 0.174. The molecule has 4 heteroatoms. The molecule has 1 N–H and O–H groups in total. The molecule has 2 heterocycles. The number of hydrogen-bond donors (Lipinski definition) is 1. The molecular weight excluding hydrogens is 342 g/mol. The van der Waals surface area contributed by atoms with E-state index in [1.807, 2.05) is 23.9 Å². The maximum Gasteiger partial charge on any atom is 0.231 e.